The second-order valence-corrected chi connectivity index (χ2v) is 18.4. The molecule has 0 saturated heterocycles. The van der Waals surface area contributed by atoms with Gasteiger partial charge in [0.15, 0.2) is 0 Å². The van der Waals surface area contributed by atoms with Crippen LogP contribution in [0.4, 0.5) is 45.5 Å². The number of nitrogens with zero attached hydrogens (tertiary/aromatic N) is 4. The van der Waals surface area contributed by atoms with Crippen LogP contribution in [0.3, 0.4) is 0 Å². The molecule has 270 valence electrons. The Hall–Kier alpha value is -6.58. The van der Waals surface area contributed by atoms with Crippen LogP contribution in [0.1, 0.15) is 0 Å². The van der Waals surface area contributed by atoms with Crippen LogP contribution in [-0.4, -0.2) is 0 Å². The Labute approximate surface area is 327 Å². The third-order valence-corrected chi connectivity index (χ3v) is 16.5. The van der Waals surface area contributed by atoms with Gasteiger partial charge in [-0.05, 0) is 96.1 Å². The van der Waals surface area contributed by atoms with Crippen molar-refractivity contribution in [3.05, 3.63) is 218 Å². The third-order valence-electron chi connectivity index (χ3n) is 10.5. The average molecular weight is 763 g/mol. The molecule has 0 fully saturated rings. The molecule has 0 aliphatic carbocycles. The molecule has 8 aromatic rings. The van der Waals surface area contributed by atoms with E-state index in [1.807, 2.05) is 237 Å². The number of benzene rings is 8. The van der Waals surface area contributed by atoms with Crippen molar-refractivity contribution in [1.29, 1.82) is 0 Å². The summed E-state index contributed by atoms with van der Waals surface area (Å²) in [6.45, 7) is 0. The minimum absolute atomic E-state index is 0.636. The lowest BCUT2D eigenvalue weighted by Crippen LogP contribution is -2.30. The highest BCUT2D eigenvalue weighted by Crippen LogP contribution is 2.72. The van der Waals surface area contributed by atoms with Crippen LogP contribution in [0.25, 0.3) is 11.1 Å². The van der Waals surface area contributed by atoms with Gasteiger partial charge < -0.3 is 0 Å². The maximum absolute atomic E-state index is 17.0. The first-order valence-electron chi connectivity index (χ1n) is 18.6. The molecular formula is C48H36N4O2P2. The second-order valence-electron chi connectivity index (χ2n) is 13.7. The van der Waals surface area contributed by atoms with Crippen LogP contribution in [0, 0.1) is 0 Å². The van der Waals surface area contributed by atoms with E-state index in [1.165, 1.54) is 0 Å². The summed E-state index contributed by atoms with van der Waals surface area (Å²) in [5.74, 6) is 0. The molecule has 0 saturated carbocycles. The highest BCUT2D eigenvalue weighted by molar-refractivity contribution is 7.77. The monoisotopic (exact) mass is 762 g/mol. The lowest BCUT2D eigenvalue weighted by Gasteiger charge is -2.36. The fourth-order valence-electron chi connectivity index (χ4n) is 8.21. The van der Waals surface area contributed by atoms with Crippen molar-refractivity contribution in [2.75, 3.05) is 18.7 Å². The molecule has 8 heteroatoms. The number of rotatable bonds is 7. The molecule has 0 radical (unpaired) electrons. The minimum Gasteiger partial charge on any atom is -0.270 e. The van der Waals surface area contributed by atoms with Crippen molar-refractivity contribution in [3.63, 3.8) is 0 Å². The Bertz CT molecular complexity index is 2470. The van der Waals surface area contributed by atoms with Gasteiger partial charge in [-0.15, -0.1) is 0 Å². The Balaban J connectivity index is 1.26. The Morgan fingerprint density at radius 3 is 0.732 bits per heavy atom. The molecule has 10 rings (SSSR count). The van der Waals surface area contributed by atoms with E-state index in [4.69, 9.17) is 0 Å². The SMILES string of the molecule is O=P1(c2ccccc2-c2ccccc2P2(=O)N(c3ccccc3)c3ccccc3N2c2ccccc2)N(c2ccccc2)c2ccccc2N1c1ccccc1. The topological polar surface area (TPSA) is 47.1 Å². The highest BCUT2D eigenvalue weighted by Gasteiger charge is 2.52. The van der Waals surface area contributed by atoms with Gasteiger partial charge >= 0.3 is 14.9 Å². The standard InChI is InChI=1S/C48H36N4O2P2/c53-55(49(37-21-5-1-6-22-37)43-31-15-16-32-44(43)50(55)38-23-7-2-8-24-38)47-35-19-13-29-41(47)42-30-14-20-36-48(42)56(54)51(39-25-9-3-10-26-39)45-33-17-18-34-46(45)52(56)40-27-11-4-12-28-40/h1-36H. The van der Waals surface area contributed by atoms with E-state index in [0.29, 0.717) is 10.6 Å². The van der Waals surface area contributed by atoms with Gasteiger partial charge in [-0.1, -0.05) is 133 Å². The molecule has 2 aliphatic heterocycles. The summed E-state index contributed by atoms with van der Waals surface area (Å²) in [4.78, 5) is 0. The Morgan fingerprint density at radius 1 is 0.250 bits per heavy atom. The van der Waals surface area contributed by atoms with Gasteiger partial charge in [0, 0.05) is 22.7 Å². The highest BCUT2D eigenvalue weighted by atomic mass is 31.2. The first-order chi connectivity index (χ1) is 27.6. The zero-order valence-electron chi connectivity index (χ0n) is 30.3. The van der Waals surface area contributed by atoms with Gasteiger partial charge in [-0.2, -0.15) is 0 Å². The van der Waals surface area contributed by atoms with Crippen LogP contribution in [0.2, 0.25) is 0 Å². The van der Waals surface area contributed by atoms with Gasteiger partial charge in [0.2, 0.25) is 0 Å². The normalized spacial score (nSPS) is 15.1. The van der Waals surface area contributed by atoms with Crippen LogP contribution in [-0.2, 0) is 9.13 Å². The molecule has 56 heavy (non-hydrogen) atoms. The lowest BCUT2D eigenvalue weighted by molar-refractivity contribution is 0.581. The van der Waals surface area contributed by atoms with E-state index in [-0.39, 0.29) is 0 Å². The fourth-order valence-corrected chi connectivity index (χ4v) is 14.6. The summed E-state index contributed by atoms with van der Waals surface area (Å²) in [6, 6.07) is 71.9. The molecule has 0 spiro atoms. The molecule has 8 aromatic carbocycles. The minimum atomic E-state index is -3.80. The van der Waals surface area contributed by atoms with Gasteiger partial charge in [0.25, 0.3) is 0 Å². The molecule has 6 nitrogen and oxygen atoms in total. The zero-order valence-corrected chi connectivity index (χ0v) is 32.1. The first-order valence-corrected chi connectivity index (χ1v) is 21.8. The molecule has 0 N–H and O–H groups in total. The number of para-hydroxylation sites is 8. The average Bonchev–Trinajstić information content (AvgIpc) is 3.70. The van der Waals surface area contributed by atoms with E-state index in [9.17, 15) is 0 Å². The maximum Gasteiger partial charge on any atom is 0.302 e. The molecule has 0 amide bonds. The quantitative estimate of drug-likeness (QED) is 0.151. The van der Waals surface area contributed by atoms with Gasteiger partial charge in [-0.25, -0.2) is 0 Å². The van der Waals surface area contributed by atoms with Gasteiger partial charge in [0.1, 0.15) is 0 Å². The van der Waals surface area contributed by atoms with E-state index >= 15 is 9.13 Å². The number of fused-ring (bicyclic) bond motifs is 2. The predicted octanol–water partition coefficient (Wildman–Crippen LogP) is 13.0. The first kappa shape index (κ1) is 33.9. The number of hydrogen-bond acceptors (Lipinski definition) is 2. The van der Waals surface area contributed by atoms with E-state index in [1.54, 1.807) is 0 Å². The van der Waals surface area contributed by atoms with Crippen molar-refractivity contribution in [3.8, 4) is 11.1 Å². The maximum atomic E-state index is 17.0. The van der Waals surface area contributed by atoms with Crippen LogP contribution >= 0.6 is 14.9 Å². The Morgan fingerprint density at radius 2 is 0.464 bits per heavy atom. The van der Waals surface area contributed by atoms with E-state index in [2.05, 4.69) is 0 Å². The van der Waals surface area contributed by atoms with Crippen LogP contribution < -0.4 is 29.3 Å². The molecular weight excluding hydrogens is 727 g/mol. The van der Waals surface area contributed by atoms with Gasteiger partial charge in [0.05, 0.1) is 33.4 Å². The third kappa shape index (κ3) is 5.11. The van der Waals surface area contributed by atoms with Crippen molar-refractivity contribution >= 4 is 71.0 Å². The molecule has 2 heterocycles. The number of anilines is 8. The van der Waals surface area contributed by atoms with E-state index in [0.717, 1.165) is 56.6 Å². The largest absolute Gasteiger partial charge is 0.302 e. The summed E-state index contributed by atoms with van der Waals surface area (Å²) >= 11 is 0. The fraction of sp³-hybridized carbons (Fsp3) is 0. The molecule has 0 unspecified atom stereocenters. The molecule has 0 bridgehead atoms. The summed E-state index contributed by atoms with van der Waals surface area (Å²) in [7, 11) is -7.60. The number of hydrogen-bond donors (Lipinski definition) is 0. The second kappa shape index (κ2) is 13.6. The molecule has 0 atom stereocenters. The summed E-state index contributed by atoms with van der Waals surface area (Å²) < 4.78 is 42.0. The van der Waals surface area contributed by atoms with Gasteiger partial charge in [-0.3, -0.25) is 27.8 Å². The van der Waals surface area contributed by atoms with Crippen molar-refractivity contribution in [2.24, 2.45) is 0 Å². The van der Waals surface area contributed by atoms with E-state index < -0.39 is 14.9 Å². The lowest BCUT2D eigenvalue weighted by atomic mass is 10.1. The summed E-state index contributed by atoms with van der Waals surface area (Å²) in [6.07, 6.45) is 0. The summed E-state index contributed by atoms with van der Waals surface area (Å²) in [5.41, 5.74) is 8.13. The van der Waals surface area contributed by atoms with Crippen LogP contribution in [0.5, 0.6) is 0 Å². The Kier molecular flexibility index (Phi) is 8.26. The summed E-state index contributed by atoms with van der Waals surface area (Å²) in [5, 5.41) is 1.27. The van der Waals surface area contributed by atoms with Crippen molar-refractivity contribution in [2.45, 2.75) is 0 Å². The predicted molar refractivity (Wildman–Crippen MR) is 234 cm³/mol. The van der Waals surface area contributed by atoms with Crippen molar-refractivity contribution < 1.29 is 9.13 Å². The molecule has 2 aliphatic rings. The zero-order chi connectivity index (χ0) is 37.7. The van der Waals surface area contributed by atoms with Crippen molar-refractivity contribution in [1.82, 2.24) is 0 Å². The smallest absolute Gasteiger partial charge is 0.270 e. The van der Waals surface area contributed by atoms with Crippen LogP contribution in [0.15, 0.2) is 218 Å². The molecule has 0 aromatic heterocycles.